The molecule has 19 heavy (non-hydrogen) atoms. The molecule has 0 aliphatic carbocycles. The predicted molar refractivity (Wildman–Crippen MR) is 81.0 cm³/mol. The summed E-state index contributed by atoms with van der Waals surface area (Å²) in [6.45, 7) is 0. The lowest BCUT2D eigenvalue weighted by molar-refractivity contribution is 0.601. The van der Waals surface area contributed by atoms with Crippen LogP contribution >= 0.6 is 46.1 Å². The van der Waals surface area contributed by atoms with E-state index < -0.39 is 10.0 Å². The fraction of sp³-hybridized carbons (Fsp3) is 0. The van der Waals surface area contributed by atoms with Crippen molar-refractivity contribution in [2.24, 2.45) is 0 Å². The topological polar surface area (TPSA) is 72.2 Å². The Balaban J connectivity index is 2.36. The minimum atomic E-state index is -3.81. The second kappa shape index (κ2) is 5.38. The molecule has 0 atom stereocenters. The summed E-state index contributed by atoms with van der Waals surface area (Å²) in [6.07, 6.45) is 0. The van der Waals surface area contributed by atoms with Crippen LogP contribution in [0, 0.1) is 0 Å². The molecule has 0 unspecified atom stereocenters. The molecule has 9 heteroatoms. The molecule has 0 bridgehead atoms. The molecule has 0 saturated carbocycles. The quantitative estimate of drug-likeness (QED) is 0.813. The molecule has 1 aromatic heterocycles. The summed E-state index contributed by atoms with van der Waals surface area (Å²) in [4.78, 5) is -0.0721. The second-order valence-corrected chi connectivity index (χ2v) is 7.87. The van der Waals surface area contributed by atoms with Gasteiger partial charge in [-0.1, -0.05) is 34.8 Å². The average Bonchev–Trinajstić information content (AvgIpc) is 2.63. The Hall–Kier alpha value is -0.660. The van der Waals surface area contributed by atoms with E-state index >= 15 is 0 Å². The first kappa shape index (κ1) is 14.7. The van der Waals surface area contributed by atoms with Gasteiger partial charge in [0, 0.05) is 0 Å². The van der Waals surface area contributed by atoms with Crippen molar-refractivity contribution in [3.05, 3.63) is 38.0 Å². The number of nitrogen functional groups attached to an aromatic ring is 1. The van der Waals surface area contributed by atoms with E-state index in [2.05, 4.69) is 4.72 Å². The molecule has 0 saturated heterocycles. The Labute approximate surface area is 129 Å². The van der Waals surface area contributed by atoms with Gasteiger partial charge >= 0.3 is 0 Å². The van der Waals surface area contributed by atoms with Gasteiger partial charge in [0.2, 0.25) is 0 Å². The highest BCUT2D eigenvalue weighted by atomic mass is 35.5. The van der Waals surface area contributed by atoms with Crippen LogP contribution in [-0.4, -0.2) is 8.42 Å². The molecule has 102 valence electrons. The minimum absolute atomic E-state index is 0.0721. The van der Waals surface area contributed by atoms with E-state index in [9.17, 15) is 8.42 Å². The first-order chi connectivity index (χ1) is 8.79. The molecule has 3 N–H and O–H groups in total. The molecule has 4 nitrogen and oxygen atoms in total. The summed E-state index contributed by atoms with van der Waals surface area (Å²) in [5, 5.41) is 0.259. The molecule has 2 rings (SSSR count). The van der Waals surface area contributed by atoms with Gasteiger partial charge in [-0.05, 0) is 24.3 Å². The zero-order chi connectivity index (χ0) is 14.2. The Bertz CT molecular complexity index is 728. The maximum atomic E-state index is 12.1. The molecule has 2 aromatic rings. The van der Waals surface area contributed by atoms with Gasteiger partial charge in [0.25, 0.3) is 10.0 Å². The molecule has 1 heterocycles. The van der Waals surface area contributed by atoms with Gasteiger partial charge in [0.05, 0.1) is 20.7 Å². The summed E-state index contributed by atoms with van der Waals surface area (Å²) >= 11 is 18.3. The SMILES string of the molecule is Nc1ccc(NS(=O)(=O)c2cc(Cl)sc2Cl)cc1Cl. The van der Waals surface area contributed by atoms with Crippen molar-refractivity contribution in [3.8, 4) is 0 Å². The normalized spacial score (nSPS) is 11.5. The van der Waals surface area contributed by atoms with E-state index in [4.69, 9.17) is 40.5 Å². The summed E-state index contributed by atoms with van der Waals surface area (Å²) in [7, 11) is -3.81. The minimum Gasteiger partial charge on any atom is -0.398 e. The van der Waals surface area contributed by atoms with Gasteiger partial charge in [-0.2, -0.15) is 0 Å². The van der Waals surface area contributed by atoms with Gasteiger partial charge in [-0.15, -0.1) is 11.3 Å². The third-order valence-electron chi connectivity index (χ3n) is 2.17. The van der Waals surface area contributed by atoms with Crippen molar-refractivity contribution in [1.29, 1.82) is 0 Å². The molecule has 0 aliphatic rings. The summed E-state index contributed by atoms with van der Waals surface area (Å²) in [5.74, 6) is 0. The Kier molecular flexibility index (Phi) is 4.17. The third kappa shape index (κ3) is 3.27. The largest absolute Gasteiger partial charge is 0.398 e. The molecule has 0 spiro atoms. The number of rotatable bonds is 3. The molecular weight excluding hydrogens is 351 g/mol. The van der Waals surface area contributed by atoms with E-state index in [0.717, 1.165) is 11.3 Å². The number of thiophene rings is 1. The van der Waals surface area contributed by atoms with E-state index in [1.165, 1.54) is 24.3 Å². The maximum absolute atomic E-state index is 12.1. The highest BCUT2D eigenvalue weighted by molar-refractivity contribution is 7.93. The Morgan fingerprint density at radius 2 is 1.84 bits per heavy atom. The number of nitrogens with one attached hydrogen (secondary N) is 1. The molecule has 1 aromatic carbocycles. The van der Waals surface area contributed by atoms with Gasteiger partial charge in [-0.25, -0.2) is 8.42 Å². The van der Waals surface area contributed by atoms with Crippen LogP contribution in [0.15, 0.2) is 29.2 Å². The Morgan fingerprint density at radius 1 is 1.16 bits per heavy atom. The first-order valence-corrected chi connectivity index (χ1v) is 8.25. The van der Waals surface area contributed by atoms with E-state index in [1.807, 2.05) is 0 Å². The van der Waals surface area contributed by atoms with E-state index in [1.54, 1.807) is 0 Å². The highest BCUT2D eigenvalue weighted by Crippen LogP contribution is 2.35. The summed E-state index contributed by atoms with van der Waals surface area (Å²) < 4.78 is 27.0. The van der Waals surface area contributed by atoms with Crippen LogP contribution in [0.1, 0.15) is 0 Å². The zero-order valence-corrected chi connectivity index (χ0v) is 13.1. The standard InChI is InChI=1S/C10H7Cl3N2O2S2/c11-6-3-5(1-2-7(6)14)15-19(16,17)8-4-9(12)18-10(8)13/h1-4,15H,14H2. The van der Waals surface area contributed by atoms with Gasteiger partial charge in [0.1, 0.15) is 9.23 Å². The van der Waals surface area contributed by atoms with Crippen LogP contribution in [0.5, 0.6) is 0 Å². The lowest BCUT2D eigenvalue weighted by Crippen LogP contribution is -2.12. The van der Waals surface area contributed by atoms with Crippen LogP contribution in [0.25, 0.3) is 0 Å². The lowest BCUT2D eigenvalue weighted by Gasteiger charge is -2.08. The van der Waals surface area contributed by atoms with E-state index in [0.29, 0.717) is 10.0 Å². The second-order valence-electron chi connectivity index (χ2n) is 3.53. The van der Waals surface area contributed by atoms with Crippen LogP contribution in [-0.2, 0) is 10.0 Å². The van der Waals surface area contributed by atoms with Crippen LogP contribution < -0.4 is 10.5 Å². The number of nitrogens with two attached hydrogens (primary N) is 1. The number of hydrogen-bond acceptors (Lipinski definition) is 4. The Morgan fingerprint density at radius 3 is 2.37 bits per heavy atom. The van der Waals surface area contributed by atoms with Crippen LogP contribution in [0.3, 0.4) is 0 Å². The molecule has 0 fully saturated rings. The average molecular weight is 358 g/mol. The van der Waals surface area contributed by atoms with Crippen molar-refractivity contribution in [2.45, 2.75) is 4.90 Å². The molecule has 0 amide bonds. The van der Waals surface area contributed by atoms with Crippen LogP contribution in [0.2, 0.25) is 13.7 Å². The predicted octanol–water partition coefficient (Wildman–Crippen LogP) is 4.09. The first-order valence-electron chi connectivity index (χ1n) is 4.82. The van der Waals surface area contributed by atoms with Gasteiger partial charge < -0.3 is 5.73 Å². The number of halogens is 3. The van der Waals surface area contributed by atoms with Crippen molar-refractivity contribution < 1.29 is 8.42 Å². The molecular formula is C10H7Cl3N2O2S2. The van der Waals surface area contributed by atoms with Gasteiger partial charge in [0.15, 0.2) is 0 Å². The van der Waals surface area contributed by atoms with Crippen molar-refractivity contribution >= 4 is 67.5 Å². The summed E-state index contributed by atoms with van der Waals surface area (Å²) in [5.41, 5.74) is 6.20. The smallest absolute Gasteiger partial charge is 0.264 e. The van der Waals surface area contributed by atoms with Crippen molar-refractivity contribution in [2.75, 3.05) is 10.5 Å². The fourth-order valence-electron chi connectivity index (χ4n) is 1.31. The number of sulfonamides is 1. The van der Waals surface area contributed by atoms with Crippen LogP contribution in [0.4, 0.5) is 11.4 Å². The summed E-state index contributed by atoms with van der Waals surface area (Å²) in [6, 6.07) is 5.70. The third-order valence-corrected chi connectivity index (χ3v) is 5.63. The monoisotopic (exact) mass is 356 g/mol. The lowest BCUT2D eigenvalue weighted by atomic mass is 10.3. The van der Waals surface area contributed by atoms with Gasteiger partial charge in [-0.3, -0.25) is 4.72 Å². The fourth-order valence-corrected chi connectivity index (χ4v) is 4.69. The molecule has 0 radical (unpaired) electrons. The number of benzene rings is 1. The molecule has 0 aliphatic heterocycles. The highest BCUT2D eigenvalue weighted by Gasteiger charge is 2.21. The van der Waals surface area contributed by atoms with Crippen molar-refractivity contribution in [3.63, 3.8) is 0 Å². The maximum Gasteiger partial charge on any atom is 0.264 e. The number of hydrogen-bond donors (Lipinski definition) is 2. The number of anilines is 2. The van der Waals surface area contributed by atoms with Crippen molar-refractivity contribution in [1.82, 2.24) is 0 Å². The zero-order valence-electron chi connectivity index (χ0n) is 9.15. The van der Waals surface area contributed by atoms with E-state index in [-0.39, 0.29) is 19.9 Å².